The molecule has 0 saturated carbocycles. The van der Waals surface area contributed by atoms with Crippen LogP contribution in [0.5, 0.6) is 5.75 Å². The van der Waals surface area contributed by atoms with E-state index in [4.69, 9.17) is 4.74 Å². The molecule has 0 aliphatic carbocycles. The Morgan fingerprint density at radius 2 is 1.82 bits per heavy atom. The lowest BCUT2D eigenvalue weighted by Crippen LogP contribution is -2.41. The number of nitrogens with zero attached hydrogens (tertiary/aromatic N) is 1. The minimum Gasteiger partial charge on any atom is -0.497 e. The Labute approximate surface area is 194 Å². The van der Waals surface area contributed by atoms with E-state index in [-0.39, 0.29) is 23.1 Å². The molecule has 6 heteroatoms. The molecule has 1 unspecified atom stereocenters. The lowest BCUT2D eigenvalue weighted by molar-refractivity contribution is 0.0923. The zero-order valence-corrected chi connectivity index (χ0v) is 19.3. The summed E-state index contributed by atoms with van der Waals surface area (Å²) in [5, 5.41) is 3.00. The average molecular weight is 446 g/mol. The Morgan fingerprint density at radius 3 is 2.48 bits per heavy atom. The Balaban J connectivity index is 1.50. The summed E-state index contributed by atoms with van der Waals surface area (Å²) in [5.74, 6) is 0.447. The number of hydrogen-bond donors (Lipinski definition) is 2. The maximum Gasteiger partial charge on any atom is 0.261 e. The quantitative estimate of drug-likeness (QED) is 0.568. The third-order valence-corrected chi connectivity index (χ3v) is 6.27. The van der Waals surface area contributed by atoms with E-state index < -0.39 is 0 Å². The average Bonchev–Trinajstić information content (AvgIpc) is 2.85. The van der Waals surface area contributed by atoms with Gasteiger partial charge in [-0.15, -0.1) is 0 Å². The molecule has 1 fully saturated rings. The maximum atomic E-state index is 12.9. The summed E-state index contributed by atoms with van der Waals surface area (Å²) in [7, 11) is 1.65. The van der Waals surface area contributed by atoms with Crippen molar-refractivity contribution in [1.29, 1.82) is 0 Å². The van der Waals surface area contributed by atoms with Crippen molar-refractivity contribution in [2.75, 3.05) is 26.7 Å². The highest BCUT2D eigenvalue weighted by molar-refractivity contribution is 5.94. The first-order valence-electron chi connectivity index (χ1n) is 11.5. The van der Waals surface area contributed by atoms with Gasteiger partial charge in [-0.25, -0.2) is 0 Å². The van der Waals surface area contributed by atoms with Gasteiger partial charge in [-0.2, -0.15) is 0 Å². The number of methoxy groups -OCH3 is 1. The number of hydrogen-bond acceptors (Lipinski definition) is 4. The molecular weight excluding hydrogens is 414 g/mol. The number of carbonyl (C=O) groups excluding carboxylic acids is 1. The predicted molar refractivity (Wildman–Crippen MR) is 131 cm³/mol. The van der Waals surface area contributed by atoms with E-state index in [1.165, 1.54) is 6.42 Å². The number of ether oxygens (including phenoxy) is 1. The van der Waals surface area contributed by atoms with Crippen LogP contribution in [0.3, 0.4) is 0 Å². The second kappa shape index (κ2) is 10.5. The Kier molecular flexibility index (Phi) is 7.25. The van der Waals surface area contributed by atoms with Crippen LogP contribution in [0.2, 0.25) is 0 Å². The number of piperidine rings is 1. The fraction of sp³-hybridized carbons (Fsp3) is 0.333. The number of pyridine rings is 1. The maximum absolute atomic E-state index is 12.9. The van der Waals surface area contributed by atoms with E-state index in [0.717, 1.165) is 48.4 Å². The monoisotopic (exact) mass is 445 g/mol. The van der Waals surface area contributed by atoms with Crippen LogP contribution in [0.15, 0.2) is 65.5 Å². The number of aromatic amines is 1. The van der Waals surface area contributed by atoms with Gasteiger partial charge in [0, 0.05) is 12.2 Å². The van der Waals surface area contributed by atoms with Crippen LogP contribution in [-0.4, -0.2) is 42.5 Å². The van der Waals surface area contributed by atoms with Gasteiger partial charge in [-0.3, -0.25) is 14.5 Å². The number of benzene rings is 2. The molecule has 1 amide bonds. The largest absolute Gasteiger partial charge is 0.497 e. The molecule has 0 radical (unpaired) electrons. The molecule has 1 aliphatic heterocycles. The Morgan fingerprint density at radius 1 is 1.06 bits per heavy atom. The van der Waals surface area contributed by atoms with E-state index in [1.54, 1.807) is 19.2 Å². The number of rotatable bonds is 7. The predicted octanol–water partition coefficient (Wildman–Crippen LogP) is 4.32. The van der Waals surface area contributed by atoms with Crippen LogP contribution >= 0.6 is 0 Å². The summed E-state index contributed by atoms with van der Waals surface area (Å²) in [6, 6.07) is 19.3. The fourth-order valence-corrected chi connectivity index (χ4v) is 4.43. The van der Waals surface area contributed by atoms with Gasteiger partial charge >= 0.3 is 0 Å². The van der Waals surface area contributed by atoms with Crippen LogP contribution in [0.25, 0.3) is 11.3 Å². The van der Waals surface area contributed by atoms with Gasteiger partial charge in [0.2, 0.25) is 0 Å². The number of carbonyl (C=O) groups is 1. The Hall–Kier alpha value is -3.38. The van der Waals surface area contributed by atoms with Crippen LogP contribution in [0.1, 0.15) is 46.8 Å². The van der Waals surface area contributed by atoms with Gasteiger partial charge in [0.15, 0.2) is 0 Å². The third-order valence-electron chi connectivity index (χ3n) is 6.27. The summed E-state index contributed by atoms with van der Waals surface area (Å²) in [5.41, 5.74) is 3.59. The van der Waals surface area contributed by atoms with Crippen molar-refractivity contribution in [3.05, 3.63) is 87.7 Å². The summed E-state index contributed by atoms with van der Waals surface area (Å²) >= 11 is 0. The first kappa shape index (κ1) is 22.8. The van der Waals surface area contributed by atoms with Crippen LogP contribution < -0.4 is 15.6 Å². The van der Waals surface area contributed by atoms with Crippen LogP contribution in [0, 0.1) is 6.92 Å². The molecule has 172 valence electrons. The highest BCUT2D eigenvalue weighted by atomic mass is 16.5. The minimum absolute atomic E-state index is 0.0470. The summed E-state index contributed by atoms with van der Waals surface area (Å²) in [6.45, 7) is 4.44. The first-order chi connectivity index (χ1) is 16.0. The zero-order valence-electron chi connectivity index (χ0n) is 19.3. The van der Waals surface area contributed by atoms with E-state index in [2.05, 4.69) is 15.2 Å². The van der Waals surface area contributed by atoms with E-state index in [9.17, 15) is 9.59 Å². The smallest absolute Gasteiger partial charge is 0.261 e. The molecular formula is C27H31N3O3. The number of likely N-dealkylation sites (tertiary alicyclic amines) is 1. The molecule has 1 saturated heterocycles. The second-order valence-corrected chi connectivity index (χ2v) is 8.58. The van der Waals surface area contributed by atoms with E-state index in [1.807, 2.05) is 55.5 Å². The molecule has 2 aromatic carbocycles. The molecule has 6 nitrogen and oxygen atoms in total. The van der Waals surface area contributed by atoms with Crippen molar-refractivity contribution in [3.8, 4) is 17.0 Å². The summed E-state index contributed by atoms with van der Waals surface area (Å²) < 4.78 is 5.29. The topological polar surface area (TPSA) is 74.4 Å². The van der Waals surface area contributed by atoms with Crippen molar-refractivity contribution in [1.82, 2.24) is 15.2 Å². The van der Waals surface area contributed by atoms with E-state index >= 15 is 0 Å². The van der Waals surface area contributed by atoms with Gasteiger partial charge in [0.1, 0.15) is 11.3 Å². The minimum atomic E-state index is -0.384. The molecule has 33 heavy (non-hydrogen) atoms. The molecule has 3 aromatic rings. The number of aryl methyl sites for hydroxylation is 1. The lowest BCUT2D eigenvalue weighted by Gasteiger charge is -2.35. The molecule has 2 heterocycles. The molecule has 2 N–H and O–H groups in total. The fourth-order valence-electron chi connectivity index (χ4n) is 4.43. The number of nitrogens with one attached hydrogen (secondary N) is 2. The van der Waals surface area contributed by atoms with Gasteiger partial charge in [-0.05, 0) is 74.3 Å². The van der Waals surface area contributed by atoms with Gasteiger partial charge in [0.05, 0.1) is 13.2 Å². The Bertz CT molecular complexity index is 1150. The molecule has 1 atom stereocenters. The van der Waals surface area contributed by atoms with Gasteiger partial charge < -0.3 is 15.0 Å². The van der Waals surface area contributed by atoms with Crippen molar-refractivity contribution in [2.45, 2.75) is 32.2 Å². The van der Waals surface area contributed by atoms with Crippen molar-refractivity contribution < 1.29 is 9.53 Å². The number of amides is 1. The summed E-state index contributed by atoms with van der Waals surface area (Å²) in [4.78, 5) is 30.9. The van der Waals surface area contributed by atoms with Gasteiger partial charge in [-0.1, -0.05) is 42.3 Å². The molecule has 1 aromatic heterocycles. The van der Waals surface area contributed by atoms with Crippen molar-refractivity contribution in [3.63, 3.8) is 0 Å². The highest BCUT2D eigenvalue weighted by Crippen LogP contribution is 2.26. The zero-order chi connectivity index (χ0) is 23.2. The summed E-state index contributed by atoms with van der Waals surface area (Å²) in [6.07, 6.45) is 3.54. The van der Waals surface area contributed by atoms with E-state index in [0.29, 0.717) is 12.2 Å². The normalized spacial score (nSPS) is 15.1. The van der Waals surface area contributed by atoms with Crippen LogP contribution in [-0.2, 0) is 0 Å². The SMILES string of the molecule is COc1ccc(C(CNC(=O)c2ccc(-c3cccc(C)c3)[nH]c2=O)N2CCCCC2)cc1. The molecule has 0 spiro atoms. The third kappa shape index (κ3) is 5.52. The van der Waals surface area contributed by atoms with Crippen LogP contribution in [0.4, 0.5) is 0 Å². The van der Waals surface area contributed by atoms with Gasteiger partial charge in [0.25, 0.3) is 11.5 Å². The lowest BCUT2D eigenvalue weighted by atomic mass is 10.0. The molecule has 4 rings (SSSR count). The van der Waals surface area contributed by atoms with Crippen molar-refractivity contribution >= 4 is 5.91 Å². The number of aromatic nitrogens is 1. The standard InChI is InChI=1S/C27H31N3O3/c1-19-7-6-8-21(17-19)24-14-13-23(27(32)29-24)26(31)28-18-25(30-15-4-3-5-16-30)20-9-11-22(33-2)12-10-20/h6-14,17,25H,3-5,15-16,18H2,1-2H3,(H,28,31)(H,29,32). The second-order valence-electron chi connectivity index (χ2n) is 8.58. The highest BCUT2D eigenvalue weighted by Gasteiger charge is 2.23. The molecule has 1 aliphatic rings. The van der Waals surface area contributed by atoms with Crippen molar-refractivity contribution in [2.24, 2.45) is 0 Å². The number of H-pyrrole nitrogens is 1. The first-order valence-corrected chi connectivity index (χ1v) is 11.5. The molecule has 0 bridgehead atoms.